The topological polar surface area (TPSA) is 61.8 Å². The first-order valence-corrected chi connectivity index (χ1v) is 8.19. The maximum atomic E-state index is 12.4. The first-order chi connectivity index (χ1) is 10.6. The molecular weight excluding hydrogens is 303 g/mol. The molecule has 6 heteroatoms. The molecule has 0 aromatic heterocycles. The number of benzene rings is 2. The number of esters is 1. The Morgan fingerprint density at radius 2 is 1.77 bits per heavy atom. The standard InChI is InChI=1S/C16H17O5P/c1-4-15(22(18,19-2)20-3)21-16(17)14-11-7-9-12-8-5-6-10-13(12)14/h4-11,15H,1H2,2-3H3/t15-/m1/s1. The highest BCUT2D eigenvalue weighted by Gasteiger charge is 2.35. The molecule has 0 amide bonds. The predicted molar refractivity (Wildman–Crippen MR) is 85.0 cm³/mol. The van der Waals surface area contributed by atoms with Crippen molar-refractivity contribution in [3.63, 3.8) is 0 Å². The van der Waals surface area contributed by atoms with E-state index < -0.39 is 19.4 Å². The van der Waals surface area contributed by atoms with Crippen molar-refractivity contribution < 1.29 is 23.1 Å². The monoisotopic (exact) mass is 320 g/mol. The molecule has 116 valence electrons. The number of carbonyl (C=O) groups excluding carboxylic acids is 1. The summed E-state index contributed by atoms with van der Waals surface area (Å²) in [6, 6.07) is 12.7. The lowest BCUT2D eigenvalue weighted by Crippen LogP contribution is -2.18. The summed E-state index contributed by atoms with van der Waals surface area (Å²) >= 11 is 0. The number of hydrogen-bond donors (Lipinski definition) is 0. The van der Waals surface area contributed by atoms with E-state index in [0.29, 0.717) is 5.56 Å². The summed E-state index contributed by atoms with van der Waals surface area (Å²) < 4.78 is 27.3. The highest BCUT2D eigenvalue weighted by Crippen LogP contribution is 2.52. The van der Waals surface area contributed by atoms with E-state index in [1.165, 1.54) is 20.3 Å². The second-order valence-corrected chi connectivity index (χ2v) is 6.78. The van der Waals surface area contributed by atoms with Gasteiger partial charge in [-0.15, -0.1) is 0 Å². The van der Waals surface area contributed by atoms with Crippen molar-refractivity contribution in [2.45, 2.75) is 5.85 Å². The van der Waals surface area contributed by atoms with E-state index in [0.717, 1.165) is 10.8 Å². The Balaban J connectivity index is 2.35. The largest absolute Gasteiger partial charge is 0.441 e. The molecular formula is C16H17O5P. The van der Waals surface area contributed by atoms with Crippen molar-refractivity contribution in [1.29, 1.82) is 0 Å². The average molecular weight is 320 g/mol. The van der Waals surface area contributed by atoms with Crippen molar-refractivity contribution in [1.82, 2.24) is 0 Å². The van der Waals surface area contributed by atoms with Gasteiger partial charge < -0.3 is 13.8 Å². The molecule has 0 aliphatic heterocycles. The van der Waals surface area contributed by atoms with Crippen LogP contribution in [0.4, 0.5) is 0 Å². The summed E-state index contributed by atoms with van der Waals surface area (Å²) in [6.45, 7) is 3.52. The van der Waals surface area contributed by atoms with E-state index in [9.17, 15) is 9.36 Å². The Morgan fingerprint density at radius 3 is 2.41 bits per heavy atom. The summed E-state index contributed by atoms with van der Waals surface area (Å²) in [7, 11) is -1.13. The number of carbonyl (C=O) groups is 1. The fourth-order valence-electron chi connectivity index (χ4n) is 2.10. The fourth-order valence-corrected chi connectivity index (χ4v) is 3.15. The van der Waals surface area contributed by atoms with Gasteiger partial charge in [0.25, 0.3) is 0 Å². The summed E-state index contributed by atoms with van der Waals surface area (Å²) in [5.74, 6) is -1.79. The van der Waals surface area contributed by atoms with Crippen molar-refractivity contribution in [3.05, 3.63) is 60.7 Å². The van der Waals surface area contributed by atoms with Crippen LogP contribution in [0.25, 0.3) is 10.8 Å². The van der Waals surface area contributed by atoms with Gasteiger partial charge in [0.1, 0.15) is 0 Å². The zero-order valence-corrected chi connectivity index (χ0v) is 13.3. The third-order valence-electron chi connectivity index (χ3n) is 3.26. The quantitative estimate of drug-likeness (QED) is 0.457. The fraction of sp³-hybridized carbons (Fsp3) is 0.188. The Bertz CT molecular complexity index is 727. The van der Waals surface area contributed by atoms with Gasteiger partial charge in [-0.05, 0) is 22.9 Å². The number of fused-ring (bicyclic) bond motifs is 1. The summed E-state index contributed by atoms with van der Waals surface area (Å²) in [4.78, 5) is 12.4. The average Bonchev–Trinajstić information content (AvgIpc) is 2.58. The minimum absolute atomic E-state index is 0.378. The summed E-state index contributed by atoms with van der Waals surface area (Å²) in [6.07, 6.45) is 1.23. The van der Waals surface area contributed by atoms with Crippen molar-refractivity contribution >= 4 is 24.3 Å². The highest BCUT2D eigenvalue weighted by atomic mass is 31.2. The predicted octanol–water partition coefficient (Wildman–Crippen LogP) is 3.99. The Morgan fingerprint density at radius 1 is 1.14 bits per heavy atom. The van der Waals surface area contributed by atoms with Crippen LogP contribution in [-0.2, 0) is 18.3 Å². The highest BCUT2D eigenvalue weighted by molar-refractivity contribution is 7.54. The molecule has 5 nitrogen and oxygen atoms in total. The van der Waals surface area contributed by atoms with Crippen LogP contribution in [0.3, 0.4) is 0 Å². The van der Waals surface area contributed by atoms with Crippen molar-refractivity contribution in [2.24, 2.45) is 0 Å². The van der Waals surface area contributed by atoms with Gasteiger partial charge in [-0.3, -0.25) is 4.57 Å². The molecule has 0 spiro atoms. The molecule has 2 aromatic rings. The maximum absolute atomic E-state index is 12.4. The third kappa shape index (κ3) is 3.12. The van der Waals surface area contributed by atoms with Gasteiger partial charge in [0.15, 0.2) is 0 Å². The Kier molecular flexibility index (Phi) is 5.14. The molecule has 0 N–H and O–H groups in total. The minimum atomic E-state index is -3.59. The Labute approximate surface area is 129 Å². The van der Waals surface area contributed by atoms with Crippen molar-refractivity contribution in [2.75, 3.05) is 14.2 Å². The van der Waals surface area contributed by atoms with Gasteiger partial charge in [0.05, 0.1) is 5.56 Å². The van der Waals surface area contributed by atoms with E-state index in [-0.39, 0.29) is 0 Å². The maximum Gasteiger partial charge on any atom is 0.374 e. The van der Waals surface area contributed by atoms with E-state index in [4.69, 9.17) is 13.8 Å². The van der Waals surface area contributed by atoms with E-state index in [1.54, 1.807) is 12.1 Å². The van der Waals surface area contributed by atoms with Crippen LogP contribution < -0.4 is 0 Å². The van der Waals surface area contributed by atoms with Crippen LogP contribution in [0.5, 0.6) is 0 Å². The molecule has 0 saturated carbocycles. The van der Waals surface area contributed by atoms with Gasteiger partial charge in [0, 0.05) is 14.2 Å². The van der Waals surface area contributed by atoms with Gasteiger partial charge >= 0.3 is 13.6 Å². The van der Waals surface area contributed by atoms with Crippen LogP contribution in [0, 0.1) is 0 Å². The molecule has 0 bridgehead atoms. The molecule has 0 radical (unpaired) electrons. The van der Waals surface area contributed by atoms with Gasteiger partial charge in [-0.25, -0.2) is 4.79 Å². The normalized spacial score (nSPS) is 12.8. The lowest BCUT2D eigenvalue weighted by atomic mass is 10.1. The molecule has 22 heavy (non-hydrogen) atoms. The van der Waals surface area contributed by atoms with Crippen LogP contribution >= 0.6 is 7.60 Å². The molecule has 0 aliphatic carbocycles. The van der Waals surface area contributed by atoms with Crippen molar-refractivity contribution in [3.8, 4) is 0 Å². The molecule has 1 atom stereocenters. The summed E-state index contributed by atoms with van der Waals surface area (Å²) in [5, 5.41) is 1.66. The van der Waals surface area contributed by atoms with Crippen LogP contribution in [0.2, 0.25) is 0 Å². The zero-order chi connectivity index (χ0) is 16.2. The number of hydrogen-bond acceptors (Lipinski definition) is 5. The molecule has 0 heterocycles. The lowest BCUT2D eigenvalue weighted by molar-refractivity contribution is 0.0456. The smallest absolute Gasteiger partial charge is 0.374 e. The molecule has 0 unspecified atom stereocenters. The first-order valence-electron chi connectivity index (χ1n) is 6.58. The minimum Gasteiger partial charge on any atom is -0.441 e. The molecule has 0 fully saturated rings. The SMILES string of the molecule is C=C[C@H](OC(=O)c1cccc2ccccc12)P(=O)(OC)OC. The van der Waals surface area contributed by atoms with Crippen LogP contribution in [-0.4, -0.2) is 26.0 Å². The second kappa shape index (κ2) is 6.88. The molecule has 2 aromatic carbocycles. The van der Waals surface area contributed by atoms with E-state index >= 15 is 0 Å². The first kappa shape index (κ1) is 16.4. The van der Waals surface area contributed by atoms with Crippen LogP contribution in [0.15, 0.2) is 55.1 Å². The zero-order valence-electron chi connectivity index (χ0n) is 12.4. The third-order valence-corrected chi connectivity index (χ3v) is 5.22. The van der Waals surface area contributed by atoms with Crippen LogP contribution in [0.1, 0.15) is 10.4 Å². The second-order valence-electron chi connectivity index (χ2n) is 4.46. The van der Waals surface area contributed by atoms with E-state index in [2.05, 4.69) is 6.58 Å². The van der Waals surface area contributed by atoms with Gasteiger partial charge in [-0.2, -0.15) is 0 Å². The van der Waals surface area contributed by atoms with E-state index in [1.807, 2.05) is 30.3 Å². The Hall–Kier alpha value is -1.94. The van der Waals surface area contributed by atoms with Gasteiger partial charge in [-0.1, -0.05) is 43.0 Å². The molecule has 2 rings (SSSR count). The molecule has 0 saturated heterocycles. The number of rotatable bonds is 6. The number of ether oxygens (including phenoxy) is 1. The summed E-state index contributed by atoms with van der Waals surface area (Å²) in [5.41, 5.74) is 0.378. The lowest BCUT2D eigenvalue weighted by Gasteiger charge is -2.21. The molecule has 0 aliphatic rings. The van der Waals surface area contributed by atoms with Gasteiger partial charge in [0.2, 0.25) is 5.85 Å².